The predicted molar refractivity (Wildman–Crippen MR) is 131 cm³/mol. The standard InChI is InChI=1S/C26H29FN2O4S/c1-5-24(20-8-15-25(33-4)19(3)16-20)28-26(30)17-29(22-11-9-21(27)10-12-22)34(31,32)23-13-6-18(2)7-14-23/h6-16,24H,5,17H2,1-4H3,(H,28,30)/t24-/m1/s1. The average Bonchev–Trinajstić information content (AvgIpc) is 2.82. The first-order valence-electron chi connectivity index (χ1n) is 10.9. The smallest absolute Gasteiger partial charge is 0.264 e. The molecule has 3 aromatic rings. The van der Waals surface area contributed by atoms with Crippen LogP contribution in [0.25, 0.3) is 0 Å². The Morgan fingerprint density at radius 3 is 2.24 bits per heavy atom. The first-order chi connectivity index (χ1) is 16.1. The van der Waals surface area contributed by atoms with E-state index in [1.807, 2.05) is 39.0 Å². The highest BCUT2D eigenvalue weighted by Gasteiger charge is 2.28. The second-order valence-corrected chi connectivity index (χ2v) is 9.92. The van der Waals surface area contributed by atoms with Crippen LogP contribution in [0.15, 0.2) is 71.6 Å². The fourth-order valence-corrected chi connectivity index (χ4v) is 5.09. The Kier molecular flexibility index (Phi) is 7.94. The van der Waals surface area contributed by atoms with Gasteiger partial charge in [0.25, 0.3) is 10.0 Å². The zero-order valence-electron chi connectivity index (χ0n) is 19.7. The van der Waals surface area contributed by atoms with E-state index < -0.39 is 28.3 Å². The number of hydrogen-bond acceptors (Lipinski definition) is 4. The Bertz CT molecular complexity index is 1240. The van der Waals surface area contributed by atoms with Crippen LogP contribution in [0.2, 0.25) is 0 Å². The molecule has 34 heavy (non-hydrogen) atoms. The van der Waals surface area contributed by atoms with E-state index in [0.717, 1.165) is 26.7 Å². The summed E-state index contributed by atoms with van der Waals surface area (Å²) in [5.41, 5.74) is 2.93. The Labute approximate surface area is 200 Å². The molecule has 3 aromatic carbocycles. The summed E-state index contributed by atoms with van der Waals surface area (Å²) in [6, 6.07) is 16.7. The van der Waals surface area contributed by atoms with Gasteiger partial charge in [0.2, 0.25) is 5.91 Å². The summed E-state index contributed by atoms with van der Waals surface area (Å²) in [4.78, 5) is 13.1. The van der Waals surface area contributed by atoms with Crippen LogP contribution >= 0.6 is 0 Å². The monoisotopic (exact) mass is 484 g/mol. The zero-order valence-corrected chi connectivity index (χ0v) is 20.5. The third kappa shape index (κ3) is 5.75. The van der Waals surface area contributed by atoms with Crippen molar-refractivity contribution in [2.24, 2.45) is 0 Å². The second kappa shape index (κ2) is 10.7. The number of amides is 1. The van der Waals surface area contributed by atoms with Crippen molar-refractivity contribution in [2.75, 3.05) is 18.0 Å². The van der Waals surface area contributed by atoms with Crippen LogP contribution in [0.3, 0.4) is 0 Å². The van der Waals surface area contributed by atoms with Crippen molar-refractivity contribution in [3.05, 3.63) is 89.2 Å². The van der Waals surface area contributed by atoms with Gasteiger partial charge in [0.15, 0.2) is 0 Å². The molecule has 1 N–H and O–H groups in total. The number of hydrogen-bond donors (Lipinski definition) is 1. The van der Waals surface area contributed by atoms with Crippen molar-refractivity contribution in [3.8, 4) is 5.75 Å². The minimum atomic E-state index is -4.07. The average molecular weight is 485 g/mol. The molecule has 0 saturated heterocycles. The summed E-state index contributed by atoms with van der Waals surface area (Å²) < 4.78 is 46.7. The SMILES string of the molecule is CC[C@@H](NC(=O)CN(c1ccc(F)cc1)S(=O)(=O)c1ccc(C)cc1)c1ccc(OC)c(C)c1. The second-order valence-electron chi connectivity index (χ2n) is 8.06. The summed E-state index contributed by atoms with van der Waals surface area (Å²) in [5.74, 6) is -0.223. The lowest BCUT2D eigenvalue weighted by Gasteiger charge is -2.26. The first kappa shape index (κ1) is 25.2. The van der Waals surface area contributed by atoms with Gasteiger partial charge < -0.3 is 10.1 Å². The molecule has 0 radical (unpaired) electrons. The van der Waals surface area contributed by atoms with Gasteiger partial charge >= 0.3 is 0 Å². The van der Waals surface area contributed by atoms with Crippen molar-refractivity contribution < 1.29 is 22.3 Å². The third-order valence-electron chi connectivity index (χ3n) is 5.58. The number of rotatable bonds is 9. The molecule has 0 heterocycles. The lowest BCUT2D eigenvalue weighted by atomic mass is 10.0. The molecule has 1 atom stereocenters. The Balaban J connectivity index is 1.89. The number of nitrogens with zero attached hydrogens (tertiary/aromatic N) is 1. The molecular formula is C26H29FN2O4S. The number of halogens is 1. The highest BCUT2D eigenvalue weighted by Crippen LogP contribution is 2.26. The molecule has 0 aromatic heterocycles. The highest BCUT2D eigenvalue weighted by molar-refractivity contribution is 7.92. The zero-order chi connectivity index (χ0) is 24.9. The molecule has 0 aliphatic heterocycles. The molecule has 0 aliphatic rings. The number of methoxy groups -OCH3 is 1. The minimum Gasteiger partial charge on any atom is -0.496 e. The number of carbonyl (C=O) groups is 1. The molecule has 0 aliphatic carbocycles. The molecular weight excluding hydrogens is 455 g/mol. The Hall–Kier alpha value is -3.39. The molecule has 0 fully saturated rings. The fraction of sp³-hybridized carbons (Fsp3) is 0.269. The van der Waals surface area contributed by atoms with E-state index >= 15 is 0 Å². The number of sulfonamides is 1. The maximum Gasteiger partial charge on any atom is 0.264 e. The Morgan fingerprint density at radius 1 is 1.03 bits per heavy atom. The van der Waals surface area contributed by atoms with Crippen LogP contribution in [0.4, 0.5) is 10.1 Å². The maximum atomic E-state index is 13.5. The van der Waals surface area contributed by atoms with E-state index in [2.05, 4.69) is 5.32 Å². The van der Waals surface area contributed by atoms with Crippen LogP contribution in [0, 0.1) is 19.7 Å². The fourth-order valence-electron chi connectivity index (χ4n) is 3.67. The topological polar surface area (TPSA) is 75.7 Å². The van der Waals surface area contributed by atoms with Crippen LogP contribution in [0.1, 0.15) is 36.1 Å². The van der Waals surface area contributed by atoms with Crippen LogP contribution in [-0.2, 0) is 14.8 Å². The van der Waals surface area contributed by atoms with E-state index in [4.69, 9.17) is 4.74 Å². The van der Waals surface area contributed by atoms with E-state index in [0.29, 0.717) is 6.42 Å². The van der Waals surface area contributed by atoms with Gasteiger partial charge in [0.05, 0.1) is 23.7 Å². The van der Waals surface area contributed by atoms with E-state index in [-0.39, 0.29) is 16.6 Å². The van der Waals surface area contributed by atoms with E-state index in [9.17, 15) is 17.6 Å². The van der Waals surface area contributed by atoms with Gasteiger partial charge in [-0.25, -0.2) is 12.8 Å². The van der Waals surface area contributed by atoms with Gasteiger partial charge in [-0.2, -0.15) is 0 Å². The molecule has 0 unspecified atom stereocenters. The predicted octanol–water partition coefficient (Wildman–Crippen LogP) is 4.91. The third-order valence-corrected chi connectivity index (χ3v) is 7.36. The van der Waals surface area contributed by atoms with Gasteiger partial charge in [-0.05, 0) is 73.9 Å². The van der Waals surface area contributed by atoms with Gasteiger partial charge in [0.1, 0.15) is 18.1 Å². The number of ether oxygens (including phenoxy) is 1. The Morgan fingerprint density at radius 2 is 1.68 bits per heavy atom. The van der Waals surface area contributed by atoms with Gasteiger partial charge in [-0.1, -0.05) is 36.8 Å². The normalized spacial score (nSPS) is 12.1. The summed E-state index contributed by atoms with van der Waals surface area (Å²) in [6.07, 6.45) is 0.610. The van der Waals surface area contributed by atoms with E-state index in [1.165, 1.54) is 36.4 Å². The minimum absolute atomic E-state index is 0.0491. The van der Waals surface area contributed by atoms with Gasteiger partial charge in [0, 0.05) is 0 Å². The largest absolute Gasteiger partial charge is 0.496 e. The summed E-state index contributed by atoms with van der Waals surface area (Å²) >= 11 is 0. The molecule has 6 nitrogen and oxygen atoms in total. The lowest BCUT2D eigenvalue weighted by molar-refractivity contribution is -0.120. The van der Waals surface area contributed by atoms with Crippen molar-refractivity contribution in [3.63, 3.8) is 0 Å². The van der Waals surface area contributed by atoms with Gasteiger partial charge in [-0.15, -0.1) is 0 Å². The molecule has 8 heteroatoms. The molecule has 0 bridgehead atoms. The molecule has 180 valence electrons. The van der Waals surface area contributed by atoms with Gasteiger partial charge in [-0.3, -0.25) is 9.10 Å². The maximum absolute atomic E-state index is 13.5. The summed E-state index contributed by atoms with van der Waals surface area (Å²) in [7, 11) is -2.47. The highest BCUT2D eigenvalue weighted by atomic mass is 32.2. The molecule has 1 amide bonds. The van der Waals surface area contributed by atoms with Crippen molar-refractivity contribution >= 4 is 21.6 Å². The van der Waals surface area contributed by atoms with Crippen LogP contribution in [-0.4, -0.2) is 28.0 Å². The number of nitrogens with one attached hydrogen (secondary N) is 1. The number of anilines is 1. The number of carbonyl (C=O) groups excluding carboxylic acids is 1. The van der Waals surface area contributed by atoms with E-state index in [1.54, 1.807) is 19.2 Å². The van der Waals surface area contributed by atoms with Crippen LogP contribution < -0.4 is 14.4 Å². The summed E-state index contributed by atoms with van der Waals surface area (Å²) in [6.45, 7) is 5.26. The first-order valence-corrected chi connectivity index (χ1v) is 12.4. The molecule has 3 rings (SSSR count). The number of aryl methyl sites for hydroxylation is 2. The number of benzene rings is 3. The quantitative estimate of drug-likeness (QED) is 0.468. The van der Waals surface area contributed by atoms with Crippen molar-refractivity contribution in [1.82, 2.24) is 5.32 Å². The summed E-state index contributed by atoms with van der Waals surface area (Å²) in [5, 5.41) is 2.93. The molecule has 0 saturated carbocycles. The van der Waals surface area contributed by atoms with Crippen LogP contribution in [0.5, 0.6) is 5.75 Å². The lowest BCUT2D eigenvalue weighted by Crippen LogP contribution is -2.42. The molecule has 0 spiro atoms. The van der Waals surface area contributed by atoms with Crippen molar-refractivity contribution in [1.29, 1.82) is 0 Å². The van der Waals surface area contributed by atoms with Crippen molar-refractivity contribution in [2.45, 2.75) is 38.1 Å².